The van der Waals surface area contributed by atoms with Gasteiger partial charge in [-0.2, -0.15) is 0 Å². The van der Waals surface area contributed by atoms with E-state index < -0.39 is 32.4 Å². The molecule has 0 aliphatic heterocycles. The highest BCUT2D eigenvalue weighted by atomic mass is 32.2. The predicted molar refractivity (Wildman–Crippen MR) is 87.0 cm³/mol. The minimum Gasteiger partial charge on any atom is -0.326 e. The molecule has 0 bridgehead atoms. The molecule has 25 heavy (non-hydrogen) atoms. The number of anilines is 2. The van der Waals surface area contributed by atoms with Gasteiger partial charge in [0, 0.05) is 17.3 Å². The van der Waals surface area contributed by atoms with Gasteiger partial charge >= 0.3 is 0 Å². The Morgan fingerprint density at radius 3 is 2.04 bits per heavy atom. The van der Waals surface area contributed by atoms with Crippen LogP contribution in [0.2, 0.25) is 0 Å². The Morgan fingerprint density at radius 1 is 0.920 bits per heavy atom. The smallest absolute Gasteiger partial charge is 0.264 e. The second-order valence-electron chi connectivity index (χ2n) is 5.50. The van der Waals surface area contributed by atoms with Crippen LogP contribution in [-0.2, 0) is 14.8 Å². The van der Waals surface area contributed by atoms with E-state index in [-0.39, 0.29) is 17.5 Å². The third-order valence-corrected chi connectivity index (χ3v) is 4.62. The van der Waals surface area contributed by atoms with Crippen LogP contribution in [0.3, 0.4) is 0 Å². The lowest BCUT2D eigenvalue weighted by atomic mass is 10.2. The zero-order chi connectivity index (χ0) is 18.8. The van der Waals surface area contributed by atoms with Gasteiger partial charge < -0.3 is 5.32 Å². The molecule has 0 fully saturated rings. The summed E-state index contributed by atoms with van der Waals surface area (Å²) in [5, 5.41) is 2.62. The topological polar surface area (TPSA) is 75.3 Å². The molecule has 0 unspecified atom stereocenters. The molecule has 0 heterocycles. The molecule has 2 rings (SSSR count). The van der Waals surface area contributed by atoms with E-state index >= 15 is 0 Å². The lowest BCUT2D eigenvalue weighted by molar-refractivity contribution is -0.118. The summed E-state index contributed by atoms with van der Waals surface area (Å²) in [5.41, 5.74) is 0.507. The molecule has 2 N–H and O–H groups in total. The van der Waals surface area contributed by atoms with Gasteiger partial charge in [0.05, 0.1) is 0 Å². The molecule has 0 aromatic heterocycles. The maximum Gasteiger partial charge on any atom is 0.264 e. The van der Waals surface area contributed by atoms with E-state index in [1.54, 1.807) is 13.8 Å². The first kappa shape index (κ1) is 18.8. The van der Waals surface area contributed by atoms with Crippen molar-refractivity contribution in [2.75, 3.05) is 10.0 Å². The summed E-state index contributed by atoms with van der Waals surface area (Å²) in [6, 6.07) is 6.72. The van der Waals surface area contributed by atoms with Gasteiger partial charge in [-0.3, -0.25) is 9.52 Å². The van der Waals surface area contributed by atoms with Gasteiger partial charge in [-0.15, -0.1) is 0 Å². The Bertz CT molecular complexity index is 898. The van der Waals surface area contributed by atoms with Crippen LogP contribution in [0, 0.1) is 23.4 Å². The van der Waals surface area contributed by atoms with Crippen LogP contribution in [0.1, 0.15) is 13.8 Å². The molecule has 0 radical (unpaired) electrons. The lowest BCUT2D eigenvalue weighted by Crippen LogP contribution is -2.18. The molecule has 2 aromatic rings. The van der Waals surface area contributed by atoms with Gasteiger partial charge in [0.1, 0.15) is 4.90 Å². The van der Waals surface area contributed by atoms with Crippen molar-refractivity contribution in [1.82, 2.24) is 0 Å². The molecular formula is C16H15F3N2O3S. The van der Waals surface area contributed by atoms with Gasteiger partial charge in [-0.1, -0.05) is 13.8 Å². The molecule has 5 nitrogen and oxygen atoms in total. The first-order valence-corrected chi connectivity index (χ1v) is 8.67. The molecule has 0 spiro atoms. The number of nitrogens with one attached hydrogen (secondary N) is 2. The van der Waals surface area contributed by atoms with Gasteiger partial charge in [-0.25, -0.2) is 21.6 Å². The first-order valence-electron chi connectivity index (χ1n) is 7.19. The zero-order valence-electron chi connectivity index (χ0n) is 13.3. The van der Waals surface area contributed by atoms with Gasteiger partial charge in [0.15, 0.2) is 17.5 Å². The van der Waals surface area contributed by atoms with Crippen LogP contribution in [0.25, 0.3) is 0 Å². The standard InChI is InChI=1S/C16H15F3N2O3S/c1-9(2)16(22)20-10-3-5-11(6-4-10)21-25(23,24)13-8-7-12(17)14(18)15(13)19/h3-9,21H,1-2H3,(H,20,22). The van der Waals surface area contributed by atoms with E-state index in [2.05, 4.69) is 10.0 Å². The second kappa shape index (κ2) is 7.14. The van der Waals surface area contributed by atoms with E-state index in [9.17, 15) is 26.4 Å². The predicted octanol–water partition coefficient (Wildman–Crippen LogP) is 3.50. The van der Waals surface area contributed by atoms with Crippen molar-refractivity contribution in [2.24, 2.45) is 5.92 Å². The van der Waals surface area contributed by atoms with E-state index in [4.69, 9.17) is 0 Å². The highest BCUT2D eigenvalue weighted by Crippen LogP contribution is 2.23. The highest BCUT2D eigenvalue weighted by molar-refractivity contribution is 7.92. The Balaban J connectivity index is 2.21. The summed E-state index contributed by atoms with van der Waals surface area (Å²) in [6.07, 6.45) is 0. The minimum absolute atomic E-state index is 0.0617. The van der Waals surface area contributed by atoms with E-state index in [0.29, 0.717) is 17.8 Å². The zero-order valence-corrected chi connectivity index (χ0v) is 14.1. The Morgan fingerprint density at radius 2 is 1.48 bits per heavy atom. The molecule has 0 aliphatic rings. The van der Waals surface area contributed by atoms with Crippen molar-refractivity contribution in [1.29, 1.82) is 0 Å². The number of halogens is 3. The summed E-state index contributed by atoms with van der Waals surface area (Å²) in [5.74, 6) is -5.59. The molecule has 0 saturated heterocycles. The van der Waals surface area contributed by atoms with Crippen molar-refractivity contribution in [2.45, 2.75) is 18.7 Å². The molecule has 9 heteroatoms. The maximum atomic E-state index is 13.7. The number of hydrogen-bond donors (Lipinski definition) is 2. The SMILES string of the molecule is CC(C)C(=O)Nc1ccc(NS(=O)(=O)c2ccc(F)c(F)c2F)cc1. The number of sulfonamides is 1. The largest absolute Gasteiger partial charge is 0.326 e. The summed E-state index contributed by atoms with van der Waals surface area (Å²) < 4.78 is 66.1. The number of amides is 1. The Hall–Kier alpha value is -2.55. The van der Waals surface area contributed by atoms with Gasteiger partial charge in [0.25, 0.3) is 10.0 Å². The molecule has 2 aromatic carbocycles. The first-order chi connectivity index (χ1) is 11.6. The molecule has 0 aliphatic carbocycles. The molecule has 134 valence electrons. The number of hydrogen-bond acceptors (Lipinski definition) is 3. The highest BCUT2D eigenvalue weighted by Gasteiger charge is 2.24. The monoisotopic (exact) mass is 372 g/mol. The summed E-state index contributed by atoms with van der Waals surface area (Å²) in [6.45, 7) is 3.43. The van der Waals surface area contributed by atoms with Crippen LogP contribution in [0.5, 0.6) is 0 Å². The normalized spacial score (nSPS) is 11.4. The third kappa shape index (κ3) is 4.30. The quantitative estimate of drug-likeness (QED) is 0.789. The van der Waals surface area contributed by atoms with Crippen molar-refractivity contribution in [3.8, 4) is 0 Å². The van der Waals surface area contributed by atoms with Crippen LogP contribution < -0.4 is 10.0 Å². The van der Waals surface area contributed by atoms with Crippen LogP contribution in [-0.4, -0.2) is 14.3 Å². The fourth-order valence-electron chi connectivity index (χ4n) is 1.83. The number of carbonyl (C=O) groups excluding carboxylic acids is 1. The molecule has 0 atom stereocenters. The molecule has 0 saturated carbocycles. The minimum atomic E-state index is -4.45. The van der Waals surface area contributed by atoms with Crippen LogP contribution in [0.15, 0.2) is 41.3 Å². The lowest BCUT2D eigenvalue weighted by Gasteiger charge is -2.11. The summed E-state index contributed by atoms with van der Waals surface area (Å²) in [7, 11) is -4.45. The van der Waals surface area contributed by atoms with E-state index in [0.717, 1.165) is 0 Å². The third-order valence-electron chi connectivity index (χ3n) is 3.22. The summed E-state index contributed by atoms with van der Waals surface area (Å²) >= 11 is 0. The second-order valence-corrected chi connectivity index (χ2v) is 7.15. The average Bonchev–Trinajstić information content (AvgIpc) is 2.53. The van der Waals surface area contributed by atoms with Crippen LogP contribution in [0.4, 0.5) is 24.5 Å². The fraction of sp³-hybridized carbons (Fsp3) is 0.188. The maximum absolute atomic E-state index is 13.7. The number of carbonyl (C=O) groups is 1. The van der Waals surface area contributed by atoms with Crippen molar-refractivity contribution < 1.29 is 26.4 Å². The number of benzene rings is 2. The molecule has 1 amide bonds. The fourth-order valence-corrected chi connectivity index (χ4v) is 2.96. The van der Waals surface area contributed by atoms with Crippen molar-refractivity contribution >= 4 is 27.3 Å². The van der Waals surface area contributed by atoms with Gasteiger partial charge in [0.2, 0.25) is 5.91 Å². The van der Waals surface area contributed by atoms with Gasteiger partial charge in [-0.05, 0) is 36.4 Å². The Labute approximate surface area is 142 Å². The average molecular weight is 372 g/mol. The van der Waals surface area contributed by atoms with Crippen molar-refractivity contribution in [3.63, 3.8) is 0 Å². The number of rotatable bonds is 5. The van der Waals surface area contributed by atoms with E-state index in [1.807, 2.05) is 0 Å². The molecular weight excluding hydrogens is 357 g/mol. The van der Waals surface area contributed by atoms with E-state index in [1.165, 1.54) is 24.3 Å². The Kier molecular flexibility index (Phi) is 5.36. The van der Waals surface area contributed by atoms with Crippen LogP contribution >= 0.6 is 0 Å². The van der Waals surface area contributed by atoms with Crippen molar-refractivity contribution in [3.05, 3.63) is 53.8 Å². The summed E-state index contributed by atoms with van der Waals surface area (Å²) in [4.78, 5) is 10.6.